The molecule has 3 heterocycles. The molecule has 0 aromatic carbocycles. The molecule has 0 unspecified atom stereocenters. The molecule has 0 aliphatic heterocycles. The molecule has 6 heteroatoms. The summed E-state index contributed by atoms with van der Waals surface area (Å²) in [6.45, 7) is 0.216. The van der Waals surface area contributed by atoms with Crippen LogP contribution < -0.4 is 5.32 Å². The molecular weight excluding hydrogens is 303 g/mol. The van der Waals surface area contributed by atoms with Gasteiger partial charge in [-0.1, -0.05) is 17.7 Å². The van der Waals surface area contributed by atoms with Gasteiger partial charge in [-0.2, -0.15) is 0 Å². The summed E-state index contributed by atoms with van der Waals surface area (Å²) in [5, 5.41) is 7.56. The van der Waals surface area contributed by atoms with Crippen LogP contribution in [0.15, 0.2) is 29.0 Å². The largest absolute Gasteiger partial charge is 0.379 e. The molecule has 19 heavy (non-hydrogen) atoms. The predicted molar refractivity (Wildman–Crippen MR) is 81.1 cm³/mol. The molecule has 3 aromatic rings. The van der Waals surface area contributed by atoms with Gasteiger partial charge in [-0.15, -0.1) is 22.7 Å². The Labute approximate surface area is 122 Å². The van der Waals surface area contributed by atoms with E-state index in [-0.39, 0.29) is 0 Å². The number of halogens is 2. The van der Waals surface area contributed by atoms with Crippen LogP contribution in [0.25, 0.3) is 10.2 Å². The van der Waals surface area contributed by atoms with Crippen LogP contribution in [0.1, 0.15) is 10.4 Å². The van der Waals surface area contributed by atoms with Crippen molar-refractivity contribution in [2.75, 3.05) is 5.32 Å². The van der Waals surface area contributed by atoms with E-state index in [1.165, 1.54) is 16.2 Å². The summed E-state index contributed by atoms with van der Waals surface area (Å²) in [4.78, 5) is 5.45. The minimum Gasteiger partial charge on any atom is -0.379 e. The molecule has 0 aliphatic rings. The molecule has 2 nitrogen and oxygen atoms in total. The number of alkyl halides is 1. The fourth-order valence-electron chi connectivity index (χ4n) is 1.85. The molecule has 0 bridgehead atoms. The predicted octanol–water partition coefficient (Wildman–Crippen LogP) is 5.09. The number of fused-ring (bicyclic) bond motifs is 1. The van der Waals surface area contributed by atoms with E-state index in [1.54, 1.807) is 22.8 Å². The van der Waals surface area contributed by atoms with E-state index < -0.39 is 6.67 Å². The number of anilines is 1. The Bertz CT molecular complexity index is 694. The lowest BCUT2D eigenvalue weighted by Crippen LogP contribution is -1.98. The van der Waals surface area contributed by atoms with Gasteiger partial charge in [0.15, 0.2) is 0 Å². The van der Waals surface area contributed by atoms with Gasteiger partial charge in [-0.3, -0.25) is 0 Å². The molecule has 3 rings (SSSR count). The maximum absolute atomic E-state index is 12.9. The van der Waals surface area contributed by atoms with Gasteiger partial charge >= 0.3 is 0 Å². The van der Waals surface area contributed by atoms with E-state index in [4.69, 9.17) is 11.6 Å². The number of hydrogen-bond donors (Lipinski definition) is 1. The second kappa shape index (κ2) is 5.45. The molecular formula is C13H10ClFN2S2. The van der Waals surface area contributed by atoms with Crippen LogP contribution in [0.3, 0.4) is 0 Å². The van der Waals surface area contributed by atoms with Crippen LogP contribution in [0.5, 0.6) is 0 Å². The van der Waals surface area contributed by atoms with E-state index in [0.29, 0.717) is 16.2 Å². The Morgan fingerprint density at radius 3 is 3.00 bits per heavy atom. The lowest BCUT2D eigenvalue weighted by molar-refractivity contribution is 0.488. The number of thiophene rings is 2. The molecule has 0 radical (unpaired) electrons. The van der Waals surface area contributed by atoms with Crippen LogP contribution >= 0.6 is 34.3 Å². The first-order valence-corrected chi connectivity index (χ1v) is 7.80. The number of rotatable bonds is 4. The minimum atomic E-state index is -0.516. The molecule has 0 atom stereocenters. The third kappa shape index (κ3) is 2.59. The number of hydrogen-bond acceptors (Lipinski definition) is 4. The maximum atomic E-state index is 12.9. The average molecular weight is 313 g/mol. The molecule has 0 aliphatic carbocycles. The Balaban J connectivity index is 1.96. The van der Waals surface area contributed by atoms with Crippen LogP contribution in [0, 0.1) is 0 Å². The quantitative estimate of drug-likeness (QED) is 0.678. The summed E-state index contributed by atoms with van der Waals surface area (Å²) in [6, 6.07) is 5.87. The van der Waals surface area contributed by atoms with E-state index in [1.807, 2.05) is 11.4 Å². The highest BCUT2D eigenvalue weighted by Gasteiger charge is 2.11. The normalized spacial score (nSPS) is 11.1. The van der Waals surface area contributed by atoms with Crippen LogP contribution in [-0.4, -0.2) is 4.98 Å². The topological polar surface area (TPSA) is 24.9 Å². The first-order chi connectivity index (χ1) is 9.28. The van der Waals surface area contributed by atoms with Crippen molar-refractivity contribution >= 4 is 50.2 Å². The van der Waals surface area contributed by atoms with Gasteiger partial charge in [0, 0.05) is 23.1 Å². The minimum absolute atomic E-state index is 0.384. The van der Waals surface area contributed by atoms with E-state index in [9.17, 15) is 4.39 Å². The number of nitrogens with one attached hydrogen (secondary N) is 1. The van der Waals surface area contributed by atoms with Crippen molar-refractivity contribution in [1.82, 2.24) is 4.98 Å². The highest BCUT2D eigenvalue weighted by atomic mass is 35.5. The molecule has 0 fully saturated rings. The molecule has 0 spiro atoms. The van der Waals surface area contributed by atoms with Gasteiger partial charge in [-0.25, -0.2) is 9.37 Å². The zero-order valence-electron chi connectivity index (χ0n) is 9.82. The van der Waals surface area contributed by atoms with E-state index in [2.05, 4.69) is 16.4 Å². The Morgan fingerprint density at radius 2 is 2.26 bits per heavy atom. The molecule has 3 aromatic heterocycles. The third-order valence-corrected chi connectivity index (χ3v) is 4.86. The molecule has 98 valence electrons. The highest BCUT2D eigenvalue weighted by molar-refractivity contribution is 7.18. The SMILES string of the molecule is FCc1csc2c(NCc3cccs3)cc(Cl)nc12. The number of aromatic nitrogens is 1. The van der Waals surface area contributed by atoms with Gasteiger partial charge < -0.3 is 5.32 Å². The summed E-state index contributed by atoms with van der Waals surface area (Å²) in [5.74, 6) is 0. The van der Waals surface area contributed by atoms with Gasteiger partial charge in [0.1, 0.15) is 11.8 Å². The molecule has 0 amide bonds. The second-order valence-corrected chi connectivity index (χ2v) is 6.30. The van der Waals surface area contributed by atoms with Crippen molar-refractivity contribution in [3.8, 4) is 0 Å². The Hall–Kier alpha value is -1.17. The van der Waals surface area contributed by atoms with Crippen LogP contribution in [-0.2, 0) is 13.2 Å². The molecule has 0 saturated heterocycles. The third-order valence-electron chi connectivity index (χ3n) is 2.74. The van der Waals surface area contributed by atoms with Crippen molar-refractivity contribution in [2.24, 2.45) is 0 Å². The van der Waals surface area contributed by atoms with Crippen molar-refractivity contribution in [3.05, 3.63) is 44.6 Å². The van der Waals surface area contributed by atoms with Gasteiger partial charge in [-0.05, 0) is 16.8 Å². The fraction of sp³-hybridized carbons (Fsp3) is 0.154. The van der Waals surface area contributed by atoms with Gasteiger partial charge in [0.25, 0.3) is 0 Å². The van der Waals surface area contributed by atoms with Crippen LogP contribution in [0.4, 0.5) is 10.1 Å². The summed E-state index contributed by atoms with van der Waals surface area (Å²) in [7, 11) is 0. The Morgan fingerprint density at radius 1 is 1.37 bits per heavy atom. The summed E-state index contributed by atoms with van der Waals surface area (Å²) in [5.41, 5.74) is 2.17. The average Bonchev–Trinajstić information content (AvgIpc) is 3.04. The van der Waals surface area contributed by atoms with Crippen molar-refractivity contribution in [2.45, 2.75) is 13.2 Å². The van der Waals surface area contributed by atoms with Crippen molar-refractivity contribution < 1.29 is 4.39 Å². The molecule has 1 N–H and O–H groups in total. The summed E-state index contributed by atoms with van der Waals surface area (Å²) < 4.78 is 13.8. The fourth-order valence-corrected chi connectivity index (χ4v) is 3.67. The highest BCUT2D eigenvalue weighted by Crippen LogP contribution is 2.33. The van der Waals surface area contributed by atoms with Gasteiger partial charge in [0.05, 0.1) is 15.9 Å². The van der Waals surface area contributed by atoms with Crippen molar-refractivity contribution in [3.63, 3.8) is 0 Å². The van der Waals surface area contributed by atoms with Crippen LogP contribution in [0.2, 0.25) is 5.15 Å². The van der Waals surface area contributed by atoms with E-state index in [0.717, 1.165) is 16.9 Å². The zero-order valence-corrected chi connectivity index (χ0v) is 12.2. The monoisotopic (exact) mass is 312 g/mol. The second-order valence-electron chi connectivity index (χ2n) is 4.00. The zero-order chi connectivity index (χ0) is 13.2. The smallest absolute Gasteiger partial charge is 0.131 e. The number of pyridine rings is 1. The standard InChI is InChI=1S/C13H10ClFN2S2/c14-11-4-10(16-6-9-2-1-3-18-9)13-12(17-11)8(5-15)7-19-13/h1-4,7H,5-6H2,(H,16,17). The lowest BCUT2D eigenvalue weighted by atomic mass is 10.2. The molecule has 0 saturated carbocycles. The van der Waals surface area contributed by atoms with Gasteiger partial charge in [0.2, 0.25) is 0 Å². The first kappa shape index (κ1) is 12.8. The Kier molecular flexibility index (Phi) is 3.68. The summed E-state index contributed by atoms with van der Waals surface area (Å²) >= 11 is 9.19. The maximum Gasteiger partial charge on any atom is 0.131 e. The van der Waals surface area contributed by atoms with E-state index >= 15 is 0 Å². The lowest BCUT2D eigenvalue weighted by Gasteiger charge is -2.07. The summed E-state index contributed by atoms with van der Waals surface area (Å²) in [6.07, 6.45) is 0. The van der Waals surface area contributed by atoms with Crippen molar-refractivity contribution in [1.29, 1.82) is 0 Å². The first-order valence-electron chi connectivity index (χ1n) is 5.67. The number of nitrogens with zero attached hydrogens (tertiary/aromatic N) is 1.